The molecule has 2 heterocycles. The van der Waals surface area contributed by atoms with E-state index in [0.29, 0.717) is 18.7 Å². The average Bonchev–Trinajstić information content (AvgIpc) is 3.05. The van der Waals surface area contributed by atoms with E-state index in [0.717, 1.165) is 0 Å². The number of aromatic hydroxyl groups is 1. The molecule has 0 spiro atoms. The summed E-state index contributed by atoms with van der Waals surface area (Å²) in [5.74, 6) is -1.05. The molecule has 2 aromatic rings. The van der Waals surface area contributed by atoms with Crippen molar-refractivity contribution in [1.29, 1.82) is 0 Å². The second-order valence-corrected chi connectivity index (χ2v) is 4.98. The van der Waals surface area contributed by atoms with Crippen LogP contribution >= 0.6 is 0 Å². The Labute approximate surface area is 120 Å². The van der Waals surface area contributed by atoms with Gasteiger partial charge in [0.15, 0.2) is 11.4 Å². The number of aliphatic hydroxyl groups is 1. The van der Waals surface area contributed by atoms with Gasteiger partial charge in [-0.15, -0.1) is 0 Å². The lowest BCUT2D eigenvalue weighted by atomic mass is 10.3. The summed E-state index contributed by atoms with van der Waals surface area (Å²) in [5.41, 5.74) is 0.459. The van der Waals surface area contributed by atoms with Gasteiger partial charge in [-0.1, -0.05) is 0 Å². The first kappa shape index (κ1) is 13.6. The number of aromatic nitrogens is 2. The van der Waals surface area contributed by atoms with Crippen LogP contribution in [0.25, 0.3) is 5.69 Å². The maximum Gasteiger partial charge on any atom is 0.278 e. The first-order valence-corrected chi connectivity index (χ1v) is 6.56. The zero-order valence-electron chi connectivity index (χ0n) is 11.1. The normalized spacial score (nSPS) is 18.2. The molecule has 0 aliphatic carbocycles. The van der Waals surface area contributed by atoms with Gasteiger partial charge in [0.1, 0.15) is 5.82 Å². The van der Waals surface area contributed by atoms with Crippen molar-refractivity contribution in [2.75, 3.05) is 13.1 Å². The van der Waals surface area contributed by atoms with Crippen LogP contribution in [-0.4, -0.2) is 50.0 Å². The lowest BCUT2D eigenvalue weighted by molar-refractivity contribution is 0.0756. The molecule has 21 heavy (non-hydrogen) atoms. The van der Waals surface area contributed by atoms with Gasteiger partial charge in [-0.05, 0) is 30.7 Å². The van der Waals surface area contributed by atoms with Crippen LogP contribution in [0.15, 0.2) is 30.5 Å². The minimum absolute atomic E-state index is 0.0755. The zero-order valence-corrected chi connectivity index (χ0v) is 11.1. The maximum absolute atomic E-state index is 12.9. The molecule has 3 rings (SSSR count). The molecule has 0 radical (unpaired) electrons. The highest BCUT2D eigenvalue weighted by molar-refractivity contribution is 5.95. The topological polar surface area (TPSA) is 78.6 Å². The average molecular weight is 291 g/mol. The minimum atomic E-state index is -0.532. The molecular formula is C14H14FN3O3. The number of nitrogens with zero attached hydrogens (tertiary/aromatic N) is 3. The van der Waals surface area contributed by atoms with Gasteiger partial charge in [0.2, 0.25) is 0 Å². The minimum Gasteiger partial charge on any atom is -0.504 e. The Morgan fingerprint density at radius 3 is 2.67 bits per heavy atom. The van der Waals surface area contributed by atoms with Gasteiger partial charge in [0.25, 0.3) is 5.91 Å². The predicted octanol–water partition coefficient (Wildman–Crippen LogP) is 0.924. The summed E-state index contributed by atoms with van der Waals surface area (Å²) in [6.45, 7) is 0.671. The Bertz CT molecular complexity index is 669. The van der Waals surface area contributed by atoms with Crippen molar-refractivity contribution in [3.05, 3.63) is 42.0 Å². The van der Waals surface area contributed by atoms with Crippen molar-refractivity contribution in [1.82, 2.24) is 14.7 Å². The summed E-state index contributed by atoms with van der Waals surface area (Å²) in [5, 5.41) is 23.4. The van der Waals surface area contributed by atoms with E-state index in [2.05, 4.69) is 5.10 Å². The fourth-order valence-electron chi connectivity index (χ4n) is 2.32. The van der Waals surface area contributed by atoms with Gasteiger partial charge in [-0.25, -0.2) is 9.07 Å². The van der Waals surface area contributed by atoms with Crippen molar-refractivity contribution in [3.8, 4) is 11.4 Å². The van der Waals surface area contributed by atoms with E-state index >= 15 is 0 Å². The molecule has 2 N–H and O–H groups in total. The second kappa shape index (κ2) is 5.17. The molecule has 0 bridgehead atoms. The van der Waals surface area contributed by atoms with Crippen molar-refractivity contribution >= 4 is 5.91 Å². The highest BCUT2D eigenvalue weighted by Gasteiger charge is 2.29. The molecule has 7 heteroatoms. The Balaban J connectivity index is 1.87. The molecule has 6 nitrogen and oxygen atoms in total. The van der Waals surface area contributed by atoms with Gasteiger partial charge < -0.3 is 15.1 Å². The second-order valence-electron chi connectivity index (χ2n) is 4.98. The SMILES string of the molecule is O=C(c1nn(-c2ccc(F)cc2)cc1O)N1CC[C@@H](O)C1. The van der Waals surface area contributed by atoms with E-state index in [9.17, 15) is 19.4 Å². The van der Waals surface area contributed by atoms with Crippen LogP contribution < -0.4 is 0 Å². The summed E-state index contributed by atoms with van der Waals surface area (Å²) in [6, 6.07) is 5.53. The monoisotopic (exact) mass is 291 g/mol. The molecule has 1 aliphatic heterocycles. The van der Waals surface area contributed by atoms with Crippen molar-refractivity contribution in [2.45, 2.75) is 12.5 Å². The molecule has 1 fully saturated rings. The summed E-state index contributed by atoms with van der Waals surface area (Å²) in [4.78, 5) is 13.7. The standard InChI is InChI=1S/C14H14FN3O3/c15-9-1-3-10(4-2-9)18-8-12(20)13(16-18)14(21)17-6-5-11(19)7-17/h1-4,8,11,19-20H,5-7H2/t11-/m1/s1. The fourth-order valence-corrected chi connectivity index (χ4v) is 2.32. The Hall–Kier alpha value is -2.41. The van der Waals surface area contributed by atoms with Gasteiger partial charge in [-0.2, -0.15) is 5.10 Å². The number of aliphatic hydroxyl groups excluding tert-OH is 1. The van der Waals surface area contributed by atoms with Crippen LogP contribution in [0.2, 0.25) is 0 Å². The summed E-state index contributed by atoms with van der Waals surface area (Å²) in [6.07, 6.45) is 1.29. The van der Waals surface area contributed by atoms with Crippen LogP contribution in [0.3, 0.4) is 0 Å². The molecule has 0 saturated carbocycles. The number of carbonyl (C=O) groups is 1. The maximum atomic E-state index is 12.9. The zero-order chi connectivity index (χ0) is 15.0. The fraction of sp³-hybridized carbons (Fsp3) is 0.286. The third-order valence-corrected chi connectivity index (χ3v) is 3.44. The number of β-amino-alcohol motifs (C(OH)–C–C–N with tert-alkyl or cyclic N) is 1. The first-order chi connectivity index (χ1) is 10.0. The molecular weight excluding hydrogens is 277 g/mol. The van der Waals surface area contributed by atoms with E-state index < -0.39 is 12.0 Å². The lowest BCUT2D eigenvalue weighted by Crippen LogP contribution is -2.30. The molecule has 1 aliphatic rings. The number of rotatable bonds is 2. The number of benzene rings is 1. The summed E-state index contributed by atoms with van der Waals surface area (Å²) in [7, 11) is 0. The van der Waals surface area contributed by atoms with Crippen LogP contribution in [-0.2, 0) is 0 Å². The number of hydrogen-bond donors (Lipinski definition) is 2. The molecule has 1 aromatic carbocycles. The van der Waals surface area contributed by atoms with E-state index in [-0.39, 0.29) is 23.8 Å². The van der Waals surface area contributed by atoms with Gasteiger partial charge in [0.05, 0.1) is 18.0 Å². The van der Waals surface area contributed by atoms with Crippen molar-refractivity contribution in [3.63, 3.8) is 0 Å². The first-order valence-electron chi connectivity index (χ1n) is 6.56. The molecule has 1 saturated heterocycles. The largest absolute Gasteiger partial charge is 0.504 e. The van der Waals surface area contributed by atoms with Crippen LogP contribution in [0.4, 0.5) is 4.39 Å². The summed E-state index contributed by atoms with van der Waals surface area (Å²) >= 11 is 0. The molecule has 1 aromatic heterocycles. The number of halogens is 1. The molecule has 1 atom stereocenters. The third kappa shape index (κ3) is 2.59. The Morgan fingerprint density at radius 1 is 1.33 bits per heavy atom. The van der Waals surface area contributed by atoms with E-state index in [1.54, 1.807) is 0 Å². The number of amides is 1. The summed E-state index contributed by atoms with van der Waals surface area (Å²) < 4.78 is 14.2. The van der Waals surface area contributed by atoms with E-state index in [4.69, 9.17) is 0 Å². The van der Waals surface area contributed by atoms with Gasteiger partial charge in [-0.3, -0.25) is 4.79 Å². The van der Waals surface area contributed by atoms with Crippen LogP contribution in [0, 0.1) is 5.82 Å². The van der Waals surface area contributed by atoms with E-state index in [1.165, 1.54) is 40.0 Å². The van der Waals surface area contributed by atoms with Gasteiger partial charge >= 0.3 is 0 Å². The quantitative estimate of drug-likeness (QED) is 0.862. The molecule has 1 amide bonds. The predicted molar refractivity (Wildman–Crippen MR) is 71.7 cm³/mol. The number of carbonyl (C=O) groups excluding carboxylic acids is 1. The number of hydrogen-bond acceptors (Lipinski definition) is 4. The smallest absolute Gasteiger partial charge is 0.278 e. The number of likely N-dealkylation sites (tertiary alicyclic amines) is 1. The third-order valence-electron chi connectivity index (χ3n) is 3.44. The van der Waals surface area contributed by atoms with E-state index in [1.807, 2.05) is 0 Å². The molecule has 0 unspecified atom stereocenters. The van der Waals surface area contributed by atoms with Crippen molar-refractivity contribution in [2.24, 2.45) is 0 Å². The van der Waals surface area contributed by atoms with Crippen molar-refractivity contribution < 1.29 is 19.4 Å². The van der Waals surface area contributed by atoms with Crippen LogP contribution in [0.1, 0.15) is 16.9 Å². The Morgan fingerprint density at radius 2 is 2.05 bits per heavy atom. The van der Waals surface area contributed by atoms with Gasteiger partial charge in [0, 0.05) is 13.1 Å². The highest BCUT2D eigenvalue weighted by Crippen LogP contribution is 2.22. The van der Waals surface area contributed by atoms with Crippen LogP contribution in [0.5, 0.6) is 5.75 Å². The highest BCUT2D eigenvalue weighted by atomic mass is 19.1. The lowest BCUT2D eigenvalue weighted by Gasteiger charge is -2.13. The Kier molecular flexibility index (Phi) is 3.34. The molecule has 110 valence electrons.